The lowest BCUT2D eigenvalue weighted by molar-refractivity contribution is -0.137. The Morgan fingerprint density at radius 3 is 2.04 bits per heavy atom. The minimum atomic E-state index is -4.44. The van der Waals surface area contributed by atoms with Crippen molar-refractivity contribution in [1.29, 1.82) is 0 Å². The van der Waals surface area contributed by atoms with Gasteiger partial charge in [-0.05, 0) is 49.9 Å². The molecular formula is C21H27F3N2O. The maximum absolute atomic E-state index is 12.8. The monoisotopic (exact) mass is 380 g/mol. The summed E-state index contributed by atoms with van der Waals surface area (Å²) in [5, 5.41) is 14.1. The summed E-state index contributed by atoms with van der Waals surface area (Å²) in [5.74, 6) is 0.0343. The van der Waals surface area contributed by atoms with Gasteiger partial charge in [0.15, 0.2) is 0 Å². The number of pyridine rings is 1. The van der Waals surface area contributed by atoms with Gasteiger partial charge in [-0.3, -0.25) is 4.98 Å². The predicted molar refractivity (Wildman–Crippen MR) is 102 cm³/mol. The van der Waals surface area contributed by atoms with E-state index in [9.17, 15) is 18.3 Å². The highest BCUT2D eigenvalue weighted by Crippen LogP contribution is 2.37. The number of benzene rings is 1. The van der Waals surface area contributed by atoms with E-state index in [0.717, 1.165) is 17.8 Å². The molecule has 0 aliphatic rings. The SMILES string of the molecule is CC(C)(C)NCc1cc(C(C)(C)C)cc(-c2ccc(C(F)(F)F)cn2)c1O. The third-order valence-electron chi connectivity index (χ3n) is 4.23. The van der Waals surface area contributed by atoms with Crippen molar-refractivity contribution in [1.82, 2.24) is 10.3 Å². The van der Waals surface area contributed by atoms with Gasteiger partial charge in [0, 0.05) is 29.4 Å². The minimum Gasteiger partial charge on any atom is -0.507 e. The van der Waals surface area contributed by atoms with E-state index in [4.69, 9.17) is 0 Å². The zero-order valence-corrected chi connectivity index (χ0v) is 16.6. The first-order chi connectivity index (χ1) is 12.2. The van der Waals surface area contributed by atoms with E-state index in [2.05, 4.69) is 10.3 Å². The van der Waals surface area contributed by atoms with Crippen LogP contribution in [0.5, 0.6) is 5.75 Å². The first-order valence-electron chi connectivity index (χ1n) is 8.83. The number of rotatable bonds is 3. The number of hydrogen-bond acceptors (Lipinski definition) is 3. The number of aromatic nitrogens is 1. The van der Waals surface area contributed by atoms with Crippen LogP contribution in [-0.2, 0) is 18.1 Å². The second-order valence-corrected chi connectivity index (χ2v) is 8.81. The van der Waals surface area contributed by atoms with Crippen molar-refractivity contribution in [2.45, 2.75) is 65.2 Å². The molecule has 2 rings (SSSR count). The molecule has 1 aromatic carbocycles. The Bertz CT molecular complexity index is 798. The van der Waals surface area contributed by atoms with Gasteiger partial charge in [-0.2, -0.15) is 13.2 Å². The van der Waals surface area contributed by atoms with Crippen LogP contribution in [-0.4, -0.2) is 15.6 Å². The normalized spacial score (nSPS) is 13.1. The number of alkyl halides is 3. The minimum absolute atomic E-state index is 0.0343. The topological polar surface area (TPSA) is 45.2 Å². The molecule has 6 heteroatoms. The van der Waals surface area contributed by atoms with Crippen LogP contribution in [0.3, 0.4) is 0 Å². The summed E-state index contributed by atoms with van der Waals surface area (Å²) in [6.45, 7) is 12.6. The van der Waals surface area contributed by atoms with Gasteiger partial charge >= 0.3 is 6.18 Å². The average molecular weight is 380 g/mol. The number of halogens is 3. The second kappa shape index (κ2) is 7.15. The summed E-state index contributed by atoms with van der Waals surface area (Å²) in [7, 11) is 0. The van der Waals surface area contributed by atoms with E-state index in [-0.39, 0.29) is 16.7 Å². The quantitative estimate of drug-likeness (QED) is 0.722. The molecule has 148 valence electrons. The van der Waals surface area contributed by atoms with E-state index in [1.54, 1.807) is 6.07 Å². The first-order valence-corrected chi connectivity index (χ1v) is 8.83. The highest BCUT2D eigenvalue weighted by molar-refractivity contribution is 5.70. The fraction of sp³-hybridized carbons (Fsp3) is 0.476. The Balaban J connectivity index is 2.54. The highest BCUT2D eigenvalue weighted by Gasteiger charge is 2.31. The fourth-order valence-corrected chi connectivity index (χ4v) is 2.54. The smallest absolute Gasteiger partial charge is 0.417 e. The van der Waals surface area contributed by atoms with Gasteiger partial charge in [0.05, 0.1) is 11.3 Å². The number of phenolic OH excluding ortho intramolecular Hbond substituents is 1. The van der Waals surface area contributed by atoms with Crippen LogP contribution in [0.4, 0.5) is 13.2 Å². The highest BCUT2D eigenvalue weighted by atomic mass is 19.4. The first kappa shape index (κ1) is 21.2. The molecule has 0 unspecified atom stereocenters. The van der Waals surface area contributed by atoms with Gasteiger partial charge < -0.3 is 10.4 Å². The zero-order chi connectivity index (χ0) is 20.6. The summed E-state index contributed by atoms with van der Waals surface area (Å²) in [6.07, 6.45) is -3.64. The van der Waals surface area contributed by atoms with Crippen molar-refractivity contribution in [3.05, 3.63) is 47.2 Å². The van der Waals surface area contributed by atoms with Crippen LogP contribution in [0.25, 0.3) is 11.3 Å². The lowest BCUT2D eigenvalue weighted by Crippen LogP contribution is -2.35. The van der Waals surface area contributed by atoms with E-state index < -0.39 is 11.7 Å². The summed E-state index contributed by atoms with van der Waals surface area (Å²) in [4.78, 5) is 3.95. The second-order valence-electron chi connectivity index (χ2n) is 8.81. The van der Waals surface area contributed by atoms with Crippen LogP contribution < -0.4 is 5.32 Å². The zero-order valence-electron chi connectivity index (χ0n) is 16.6. The van der Waals surface area contributed by atoms with E-state index in [0.29, 0.717) is 23.4 Å². The molecule has 0 amide bonds. The molecule has 0 radical (unpaired) electrons. The Hall–Kier alpha value is -2.08. The van der Waals surface area contributed by atoms with Crippen LogP contribution in [0, 0.1) is 0 Å². The van der Waals surface area contributed by atoms with E-state index in [1.165, 1.54) is 6.07 Å². The Morgan fingerprint density at radius 1 is 0.963 bits per heavy atom. The summed E-state index contributed by atoms with van der Waals surface area (Å²) >= 11 is 0. The van der Waals surface area contributed by atoms with Crippen LogP contribution in [0.1, 0.15) is 58.2 Å². The molecule has 0 saturated carbocycles. The van der Waals surface area contributed by atoms with E-state index in [1.807, 2.05) is 47.6 Å². The molecule has 3 nitrogen and oxygen atoms in total. The van der Waals surface area contributed by atoms with Gasteiger partial charge in [0.2, 0.25) is 0 Å². The molecule has 0 aliphatic heterocycles. The van der Waals surface area contributed by atoms with Gasteiger partial charge in [-0.1, -0.05) is 26.8 Å². The summed E-state index contributed by atoms with van der Waals surface area (Å²) in [6, 6.07) is 6.01. The molecule has 0 bridgehead atoms. The maximum atomic E-state index is 12.8. The molecule has 0 fully saturated rings. The largest absolute Gasteiger partial charge is 0.507 e. The molecule has 0 atom stereocenters. The van der Waals surface area contributed by atoms with Crippen molar-refractivity contribution >= 4 is 0 Å². The van der Waals surface area contributed by atoms with Crippen molar-refractivity contribution in [3.63, 3.8) is 0 Å². The number of phenols is 1. The lowest BCUT2D eigenvalue weighted by Gasteiger charge is -2.25. The predicted octanol–water partition coefficient (Wildman–Crippen LogP) is 5.66. The van der Waals surface area contributed by atoms with Crippen molar-refractivity contribution in [2.24, 2.45) is 0 Å². The summed E-state index contributed by atoms with van der Waals surface area (Å²) < 4.78 is 38.4. The molecule has 2 aromatic rings. The molecule has 1 aromatic heterocycles. The summed E-state index contributed by atoms with van der Waals surface area (Å²) in [5.41, 5.74) is 1.26. The van der Waals surface area contributed by atoms with Crippen molar-refractivity contribution in [2.75, 3.05) is 0 Å². The van der Waals surface area contributed by atoms with Gasteiger partial charge in [0.25, 0.3) is 0 Å². The van der Waals surface area contributed by atoms with Crippen molar-refractivity contribution in [3.8, 4) is 17.0 Å². The lowest BCUT2D eigenvalue weighted by atomic mass is 9.84. The number of nitrogens with zero attached hydrogens (tertiary/aromatic N) is 1. The van der Waals surface area contributed by atoms with Crippen LogP contribution >= 0.6 is 0 Å². The number of nitrogens with one attached hydrogen (secondary N) is 1. The molecule has 0 saturated heterocycles. The fourth-order valence-electron chi connectivity index (χ4n) is 2.54. The molecule has 2 N–H and O–H groups in total. The molecule has 0 aliphatic carbocycles. The number of hydrogen-bond donors (Lipinski definition) is 2. The standard InChI is InChI=1S/C21H27F3N2O/c1-19(2,3)15-9-13(11-26-20(4,5)6)18(27)16(10-15)17-8-7-14(12-25-17)21(22,23)24/h7-10,12,26-27H,11H2,1-6H3. The molecule has 27 heavy (non-hydrogen) atoms. The maximum Gasteiger partial charge on any atom is 0.417 e. The van der Waals surface area contributed by atoms with Gasteiger partial charge in [-0.15, -0.1) is 0 Å². The third kappa shape index (κ3) is 5.45. The average Bonchev–Trinajstić information content (AvgIpc) is 2.51. The molecule has 1 heterocycles. The third-order valence-corrected chi connectivity index (χ3v) is 4.23. The van der Waals surface area contributed by atoms with Crippen LogP contribution in [0.15, 0.2) is 30.5 Å². The Labute approximate surface area is 158 Å². The Kier molecular flexibility index (Phi) is 5.62. The van der Waals surface area contributed by atoms with Crippen molar-refractivity contribution < 1.29 is 18.3 Å². The van der Waals surface area contributed by atoms with Gasteiger partial charge in [-0.25, -0.2) is 0 Å². The van der Waals surface area contributed by atoms with Gasteiger partial charge in [0.1, 0.15) is 5.75 Å². The van der Waals surface area contributed by atoms with E-state index >= 15 is 0 Å². The van der Waals surface area contributed by atoms with Crippen LogP contribution in [0.2, 0.25) is 0 Å². The molecular weight excluding hydrogens is 353 g/mol. The molecule has 0 spiro atoms. The Morgan fingerprint density at radius 2 is 1.59 bits per heavy atom. The number of aromatic hydroxyl groups is 1.